The van der Waals surface area contributed by atoms with Crippen molar-refractivity contribution < 1.29 is 9.15 Å². The van der Waals surface area contributed by atoms with Crippen LogP contribution in [-0.2, 0) is 11.3 Å². The van der Waals surface area contributed by atoms with Crippen molar-refractivity contribution in [3.8, 4) is 0 Å². The number of hydrogen-bond acceptors (Lipinski definition) is 5. The van der Waals surface area contributed by atoms with Gasteiger partial charge >= 0.3 is 0 Å². The molecule has 0 aliphatic carbocycles. The number of morpholine rings is 1. The lowest BCUT2D eigenvalue weighted by molar-refractivity contribution is -0.00762. The summed E-state index contributed by atoms with van der Waals surface area (Å²) in [7, 11) is 0. The molecule has 1 atom stereocenters. The van der Waals surface area contributed by atoms with Crippen LogP contribution in [0.5, 0.6) is 0 Å². The van der Waals surface area contributed by atoms with E-state index >= 15 is 0 Å². The minimum absolute atomic E-state index is 0.402. The first kappa shape index (κ1) is 11.5. The van der Waals surface area contributed by atoms with Crippen molar-refractivity contribution in [1.29, 1.82) is 0 Å². The van der Waals surface area contributed by atoms with E-state index in [1.165, 1.54) is 0 Å². The Labute approximate surface area is 106 Å². The first-order chi connectivity index (χ1) is 8.72. The van der Waals surface area contributed by atoms with Crippen LogP contribution >= 0.6 is 0 Å². The summed E-state index contributed by atoms with van der Waals surface area (Å²) in [5.74, 6) is 0.740. The van der Waals surface area contributed by atoms with Crippen LogP contribution in [0.2, 0.25) is 0 Å². The largest absolute Gasteiger partial charge is 0.439 e. The molecule has 2 heterocycles. The van der Waals surface area contributed by atoms with Gasteiger partial charge in [-0.2, -0.15) is 0 Å². The number of ether oxygens (including phenoxy) is 1. The minimum Gasteiger partial charge on any atom is -0.439 e. The molecule has 18 heavy (non-hydrogen) atoms. The topological polar surface area (TPSA) is 64.5 Å². The number of anilines is 1. The molecule has 1 aliphatic heterocycles. The molecule has 1 saturated heterocycles. The first-order valence-corrected chi connectivity index (χ1v) is 6.19. The summed E-state index contributed by atoms with van der Waals surface area (Å²) in [4.78, 5) is 6.79. The van der Waals surface area contributed by atoms with Gasteiger partial charge in [0, 0.05) is 18.3 Å². The molecule has 0 bridgehead atoms. The second-order valence-corrected chi connectivity index (χ2v) is 4.73. The smallest absolute Gasteiger partial charge is 0.209 e. The molecule has 5 heteroatoms. The van der Waals surface area contributed by atoms with E-state index in [9.17, 15) is 0 Å². The third-order valence-corrected chi connectivity index (χ3v) is 3.30. The van der Waals surface area contributed by atoms with Crippen LogP contribution in [0.3, 0.4) is 0 Å². The van der Waals surface area contributed by atoms with Gasteiger partial charge in [0.15, 0.2) is 5.58 Å². The summed E-state index contributed by atoms with van der Waals surface area (Å²) in [6.07, 6.45) is 0. The lowest BCUT2D eigenvalue weighted by Crippen LogP contribution is -2.42. The van der Waals surface area contributed by atoms with Crippen molar-refractivity contribution in [3.05, 3.63) is 24.1 Å². The lowest BCUT2D eigenvalue weighted by atomic mass is 10.2. The van der Waals surface area contributed by atoms with Gasteiger partial charge in [0.1, 0.15) is 5.52 Å². The van der Waals surface area contributed by atoms with Crippen LogP contribution in [0.15, 0.2) is 22.6 Å². The Hall–Kier alpha value is -1.59. The Bertz CT molecular complexity index is 552. The van der Waals surface area contributed by atoms with Crippen LogP contribution in [0.25, 0.3) is 11.1 Å². The Kier molecular flexibility index (Phi) is 2.93. The van der Waals surface area contributed by atoms with E-state index in [0.29, 0.717) is 11.7 Å². The van der Waals surface area contributed by atoms with Crippen LogP contribution in [0.4, 0.5) is 5.69 Å². The SMILES string of the molecule is CC1COCCN1Cc1nc2cc(N)ccc2o1. The Morgan fingerprint density at radius 3 is 3.22 bits per heavy atom. The van der Waals surface area contributed by atoms with Gasteiger partial charge < -0.3 is 14.9 Å². The molecular formula is C13H17N3O2. The van der Waals surface area contributed by atoms with Crippen molar-refractivity contribution in [3.63, 3.8) is 0 Å². The maximum Gasteiger partial charge on any atom is 0.209 e. The standard InChI is InChI=1S/C13H17N3O2/c1-9-8-17-5-4-16(9)7-13-15-11-6-10(14)2-3-12(11)18-13/h2-3,6,9H,4-5,7-8,14H2,1H3. The quantitative estimate of drug-likeness (QED) is 0.817. The maximum absolute atomic E-state index is 5.73. The van der Waals surface area contributed by atoms with Crippen LogP contribution in [-0.4, -0.2) is 35.7 Å². The third-order valence-electron chi connectivity index (χ3n) is 3.30. The highest BCUT2D eigenvalue weighted by Crippen LogP contribution is 2.20. The molecule has 2 aromatic rings. The van der Waals surface area contributed by atoms with Crippen molar-refractivity contribution >= 4 is 16.8 Å². The van der Waals surface area contributed by atoms with Gasteiger partial charge in [0.2, 0.25) is 5.89 Å². The number of nitrogens with zero attached hydrogens (tertiary/aromatic N) is 2. The highest BCUT2D eigenvalue weighted by Gasteiger charge is 2.20. The molecule has 2 N–H and O–H groups in total. The predicted octanol–water partition coefficient (Wildman–Crippen LogP) is 1.63. The Balaban J connectivity index is 1.81. The van der Waals surface area contributed by atoms with Gasteiger partial charge in [-0.15, -0.1) is 0 Å². The van der Waals surface area contributed by atoms with E-state index in [1.807, 2.05) is 18.2 Å². The third kappa shape index (κ3) is 2.19. The Morgan fingerprint density at radius 1 is 1.50 bits per heavy atom. The first-order valence-electron chi connectivity index (χ1n) is 6.19. The molecule has 1 aliphatic rings. The fourth-order valence-electron chi connectivity index (χ4n) is 2.23. The van der Waals surface area contributed by atoms with Crippen molar-refractivity contribution in [1.82, 2.24) is 9.88 Å². The van der Waals surface area contributed by atoms with E-state index < -0.39 is 0 Å². The van der Waals surface area contributed by atoms with Gasteiger partial charge in [-0.1, -0.05) is 0 Å². The van der Waals surface area contributed by atoms with Crippen LogP contribution in [0, 0.1) is 0 Å². The fraction of sp³-hybridized carbons (Fsp3) is 0.462. The average molecular weight is 247 g/mol. The molecule has 0 amide bonds. The minimum atomic E-state index is 0.402. The van der Waals surface area contributed by atoms with Gasteiger partial charge in [-0.25, -0.2) is 4.98 Å². The molecule has 1 fully saturated rings. The van der Waals surface area contributed by atoms with Crippen molar-refractivity contribution in [2.24, 2.45) is 0 Å². The van der Waals surface area contributed by atoms with E-state index in [-0.39, 0.29) is 0 Å². The van der Waals surface area contributed by atoms with E-state index in [4.69, 9.17) is 14.9 Å². The van der Waals surface area contributed by atoms with E-state index in [1.54, 1.807) is 0 Å². The normalized spacial score (nSPS) is 21.5. The summed E-state index contributed by atoms with van der Waals surface area (Å²) in [6, 6.07) is 5.93. The number of nitrogens with two attached hydrogens (primary N) is 1. The fourth-order valence-corrected chi connectivity index (χ4v) is 2.23. The monoisotopic (exact) mass is 247 g/mol. The van der Waals surface area contributed by atoms with E-state index in [0.717, 1.165) is 43.3 Å². The summed E-state index contributed by atoms with van der Waals surface area (Å²) in [5.41, 5.74) is 8.06. The molecule has 96 valence electrons. The molecule has 0 saturated carbocycles. The zero-order valence-electron chi connectivity index (χ0n) is 10.4. The number of aromatic nitrogens is 1. The zero-order valence-corrected chi connectivity index (χ0v) is 10.4. The number of hydrogen-bond donors (Lipinski definition) is 1. The molecule has 1 aromatic carbocycles. The molecule has 1 unspecified atom stereocenters. The summed E-state index contributed by atoms with van der Waals surface area (Å²) < 4.78 is 11.1. The highest BCUT2D eigenvalue weighted by molar-refractivity contribution is 5.76. The number of oxazole rings is 1. The maximum atomic E-state index is 5.73. The molecule has 3 rings (SSSR count). The molecule has 5 nitrogen and oxygen atoms in total. The van der Waals surface area contributed by atoms with Gasteiger partial charge in [-0.3, -0.25) is 4.90 Å². The lowest BCUT2D eigenvalue weighted by Gasteiger charge is -2.31. The number of rotatable bonds is 2. The van der Waals surface area contributed by atoms with Gasteiger partial charge in [-0.05, 0) is 25.1 Å². The van der Waals surface area contributed by atoms with Gasteiger partial charge in [0.05, 0.1) is 19.8 Å². The highest BCUT2D eigenvalue weighted by atomic mass is 16.5. The van der Waals surface area contributed by atoms with Crippen LogP contribution in [0.1, 0.15) is 12.8 Å². The summed E-state index contributed by atoms with van der Waals surface area (Å²) in [5, 5.41) is 0. The second-order valence-electron chi connectivity index (χ2n) is 4.73. The summed E-state index contributed by atoms with van der Waals surface area (Å²) in [6.45, 7) is 5.34. The average Bonchev–Trinajstić information content (AvgIpc) is 2.73. The number of fused-ring (bicyclic) bond motifs is 1. The second kappa shape index (κ2) is 4.59. The molecule has 0 spiro atoms. The summed E-state index contributed by atoms with van der Waals surface area (Å²) >= 11 is 0. The van der Waals surface area contributed by atoms with Crippen LogP contribution < -0.4 is 5.73 Å². The zero-order chi connectivity index (χ0) is 12.5. The van der Waals surface area contributed by atoms with Crippen molar-refractivity contribution in [2.45, 2.75) is 19.5 Å². The van der Waals surface area contributed by atoms with Gasteiger partial charge in [0.25, 0.3) is 0 Å². The van der Waals surface area contributed by atoms with E-state index in [2.05, 4.69) is 16.8 Å². The molecule has 1 aromatic heterocycles. The predicted molar refractivity (Wildman–Crippen MR) is 69.1 cm³/mol. The molecule has 0 radical (unpaired) electrons. The molecular weight excluding hydrogens is 230 g/mol. The van der Waals surface area contributed by atoms with Crippen molar-refractivity contribution in [2.75, 3.05) is 25.5 Å². The Morgan fingerprint density at radius 2 is 2.39 bits per heavy atom. The number of nitrogen functional groups attached to an aromatic ring is 1. The number of benzene rings is 1.